The molecule has 2 rings (SSSR count). The highest BCUT2D eigenvalue weighted by atomic mass is 32.2. The van der Waals surface area contributed by atoms with Gasteiger partial charge in [-0.25, -0.2) is 0 Å². The van der Waals surface area contributed by atoms with Crippen LogP contribution in [0, 0.1) is 5.92 Å². The van der Waals surface area contributed by atoms with Crippen molar-refractivity contribution in [3.05, 3.63) is 35.9 Å². The van der Waals surface area contributed by atoms with Crippen LogP contribution >= 0.6 is 11.8 Å². The molecule has 1 aromatic carbocycles. The normalized spacial score (nSPS) is 25.6. The van der Waals surface area contributed by atoms with Gasteiger partial charge in [-0.3, -0.25) is 4.90 Å². The van der Waals surface area contributed by atoms with Crippen LogP contribution in [0.2, 0.25) is 0 Å². The second-order valence-corrected chi connectivity index (χ2v) is 6.19. The van der Waals surface area contributed by atoms with Gasteiger partial charge in [-0.15, -0.1) is 0 Å². The summed E-state index contributed by atoms with van der Waals surface area (Å²) in [6.45, 7) is 7.11. The van der Waals surface area contributed by atoms with E-state index < -0.39 is 0 Å². The lowest BCUT2D eigenvalue weighted by Gasteiger charge is -2.20. The minimum absolute atomic E-state index is 0.674. The van der Waals surface area contributed by atoms with E-state index in [1.807, 2.05) is 11.8 Å². The van der Waals surface area contributed by atoms with Crippen molar-refractivity contribution in [1.82, 2.24) is 4.90 Å². The zero-order valence-electron chi connectivity index (χ0n) is 11.1. The van der Waals surface area contributed by atoms with Crippen LogP contribution in [0.15, 0.2) is 30.3 Å². The molecular weight excluding hydrogens is 226 g/mol. The van der Waals surface area contributed by atoms with Crippen LogP contribution in [0.25, 0.3) is 0 Å². The van der Waals surface area contributed by atoms with E-state index in [1.165, 1.54) is 24.4 Å². The number of hydrogen-bond donors (Lipinski definition) is 0. The van der Waals surface area contributed by atoms with Crippen molar-refractivity contribution in [2.24, 2.45) is 5.92 Å². The number of benzene rings is 1. The van der Waals surface area contributed by atoms with E-state index in [9.17, 15) is 0 Å². The van der Waals surface area contributed by atoms with E-state index in [0.29, 0.717) is 6.04 Å². The lowest BCUT2D eigenvalue weighted by Crippen LogP contribution is -2.28. The first-order valence-corrected chi connectivity index (χ1v) is 7.89. The highest BCUT2D eigenvalue weighted by Crippen LogP contribution is 2.35. The second kappa shape index (κ2) is 5.92. The molecule has 1 aliphatic rings. The molecule has 0 bridgehead atoms. The van der Waals surface area contributed by atoms with Crippen molar-refractivity contribution in [2.75, 3.05) is 25.1 Å². The fourth-order valence-electron chi connectivity index (χ4n) is 2.79. The van der Waals surface area contributed by atoms with E-state index in [4.69, 9.17) is 0 Å². The van der Waals surface area contributed by atoms with Crippen molar-refractivity contribution in [2.45, 2.75) is 25.8 Å². The highest BCUT2D eigenvalue weighted by Gasteiger charge is 2.34. The van der Waals surface area contributed by atoms with Gasteiger partial charge in [-0.1, -0.05) is 30.3 Å². The summed E-state index contributed by atoms with van der Waals surface area (Å²) >= 11 is 1.98. The van der Waals surface area contributed by atoms with Gasteiger partial charge in [0.1, 0.15) is 0 Å². The SMILES string of the molecule is CSCC1CN(C(C)C)CC1c1ccccc1. The van der Waals surface area contributed by atoms with E-state index in [-0.39, 0.29) is 0 Å². The molecule has 0 amide bonds. The molecule has 17 heavy (non-hydrogen) atoms. The monoisotopic (exact) mass is 249 g/mol. The summed E-state index contributed by atoms with van der Waals surface area (Å²) in [5, 5.41) is 0. The summed E-state index contributed by atoms with van der Waals surface area (Å²) in [7, 11) is 0. The molecule has 1 nitrogen and oxygen atoms in total. The molecule has 2 atom stereocenters. The standard InChI is InChI=1S/C15H23NS/c1-12(2)16-9-14(11-17-3)15(10-16)13-7-5-4-6-8-13/h4-8,12,14-15H,9-11H2,1-3H3. The Morgan fingerprint density at radius 2 is 1.94 bits per heavy atom. The van der Waals surface area contributed by atoms with Crippen LogP contribution in [0.1, 0.15) is 25.3 Å². The zero-order valence-corrected chi connectivity index (χ0v) is 11.9. The zero-order chi connectivity index (χ0) is 12.3. The number of nitrogens with zero attached hydrogens (tertiary/aromatic N) is 1. The molecule has 0 radical (unpaired) electrons. The van der Waals surface area contributed by atoms with Gasteiger partial charge >= 0.3 is 0 Å². The molecule has 2 heteroatoms. The Labute approximate surface area is 110 Å². The molecular formula is C15H23NS. The maximum atomic E-state index is 2.62. The summed E-state index contributed by atoms with van der Waals surface area (Å²) in [6.07, 6.45) is 2.22. The molecule has 0 aromatic heterocycles. The predicted molar refractivity (Wildman–Crippen MR) is 77.8 cm³/mol. The van der Waals surface area contributed by atoms with Crippen molar-refractivity contribution in [3.63, 3.8) is 0 Å². The molecule has 2 unspecified atom stereocenters. The minimum Gasteiger partial charge on any atom is -0.300 e. The van der Waals surface area contributed by atoms with Crippen LogP contribution in [0.3, 0.4) is 0 Å². The van der Waals surface area contributed by atoms with Crippen molar-refractivity contribution in [1.29, 1.82) is 0 Å². The van der Waals surface area contributed by atoms with Crippen molar-refractivity contribution >= 4 is 11.8 Å². The topological polar surface area (TPSA) is 3.24 Å². The Bertz CT molecular complexity index is 336. The summed E-state index contributed by atoms with van der Waals surface area (Å²) in [6, 6.07) is 11.7. The number of rotatable bonds is 4. The van der Waals surface area contributed by atoms with Crippen LogP contribution in [0.5, 0.6) is 0 Å². The summed E-state index contributed by atoms with van der Waals surface area (Å²) < 4.78 is 0. The molecule has 1 aromatic rings. The van der Waals surface area contributed by atoms with Crippen LogP contribution in [0.4, 0.5) is 0 Å². The molecule has 1 heterocycles. The van der Waals surface area contributed by atoms with Crippen LogP contribution in [-0.2, 0) is 0 Å². The third-order valence-corrected chi connectivity index (χ3v) is 4.57. The van der Waals surface area contributed by atoms with Crippen LogP contribution < -0.4 is 0 Å². The maximum Gasteiger partial charge on any atom is 0.00566 e. The van der Waals surface area contributed by atoms with Gasteiger partial charge in [-0.2, -0.15) is 11.8 Å². The van der Waals surface area contributed by atoms with Gasteiger partial charge < -0.3 is 0 Å². The van der Waals surface area contributed by atoms with Gasteiger partial charge in [0.15, 0.2) is 0 Å². The smallest absolute Gasteiger partial charge is 0.00566 e. The fourth-order valence-corrected chi connectivity index (χ4v) is 3.55. The third kappa shape index (κ3) is 3.05. The molecule has 1 aliphatic heterocycles. The third-order valence-electron chi connectivity index (χ3n) is 3.81. The molecule has 0 aliphatic carbocycles. The molecule has 1 fully saturated rings. The summed E-state index contributed by atoms with van der Waals surface area (Å²) in [5.74, 6) is 2.82. The molecule has 0 spiro atoms. The Morgan fingerprint density at radius 3 is 2.53 bits per heavy atom. The molecule has 94 valence electrons. The Balaban J connectivity index is 2.14. The average molecular weight is 249 g/mol. The predicted octanol–water partition coefficient (Wildman–Crippen LogP) is 3.47. The Kier molecular flexibility index (Phi) is 4.52. The Hall–Kier alpha value is -0.470. The molecule has 0 N–H and O–H groups in total. The molecule has 1 saturated heterocycles. The minimum atomic E-state index is 0.674. The molecule has 0 saturated carbocycles. The first-order valence-electron chi connectivity index (χ1n) is 6.50. The lowest BCUT2D eigenvalue weighted by atomic mass is 9.90. The lowest BCUT2D eigenvalue weighted by molar-refractivity contribution is 0.266. The van der Waals surface area contributed by atoms with Crippen molar-refractivity contribution in [3.8, 4) is 0 Å². The van der Waals surface area contributed by atoms with Gasteiger partial charge in [0.25, 0.3) is 0 Å². The van der Waals surface area contributed by atoms with E-state index in [0.717, 1.165) is 11.8 Å². The number of thioether (sulfide) groups is 1. The Morgan fingerprint density at radius 1 is 1.24 bits per heavy atom. The largest absolute Gasteiger partial charge is 0.300 e. The summed E-state index contributed by atoms with van der Waals surface area (Å²) in [4.78, 5) is 2.62. The van der Waals surface area contributed by atoms with Crippen LogP contribution in [-0.4, -0.2) is 36.0 Å². The van der Waals surface area contributed by atoms with Gasteiger partial charge in [0, 0.05) is 25.0 Å². The fraction of sp³-hybridized carbons (Fsp3) is 0.600. The van der Waals surface area contributed by atoms with Gasteiger partial charge in [0.05, 0.1) is 0 Å². The maximum absolute atomic E-state index is 2.62. The van der Waals surface area contributed by atoms with Gasteiger partial charge in [0.2, 0.25) is 0 Å². The van der Waals surface area contributed by atoms with Crippen molar-refractivity contribution < 1.29 is 0 Å². The number of hydrogen-bond acceptors (Lipinski definition) is 2. The van der Waals surface area contributed by atoms with E-state index in [1.54, 1.807) is 0 Å². The first-order chi connectivity index (χ1) is 8.22. The highest BCUT2D eigenvalue weighted by molar-refractivity contribution is 7.98. The van der Waals surface area contributed by atoms with E-state index >= 15 is 0 Å². The first kappa shape index (κ1) is 13.0. The second-order valence-electron chi connectivity index (χ2n) is 5.28. The quantitative estimate of drug-likeness (QED) is 0.804. The van der Waals surface area contributed by atoms with Gasteiger partial charge in [-0.05, 0) is 37.3 Å². The summed E-state index contributed by atoms with van der Waals surface area (Å²) in [5.41, 5.74) is 1.52. The number of likely N-dealkylation sites (tertiary alicyclic amines) is 1. The van der Waals surface area contributed by atoms with E-state index in [2.05, 4.69) is 55.3 Å². The average Bonchev–Trinajstić information content (AvgIpc) is 2.75.